The number of carbonyl (C=O) groups excluding carboxylic acids is 1. The van der Waals surface area contributed by atoms with Crippen LogP contribution in [0.3, 0.4) is 0 Å². The average molecular weight is 439 g/mol. The Balaban J connectivity index is 1.25. The van der Waals surface area contributed by atoms with Crippen LogP contribution in [0.15, 0.2) is 36.5 Å². The maximum absolute atomic E-state index is 12.7. The molecule has 0 aliphatic carbocycles. The standard InChI is InChI=1S/C25H30N2O5/c1-26(11-7-18-5-6-21(29-2)22(13-18)30-3)9-4-10-27-12-8-19-14-23-24(32-17-31-23)15-20(19)16-25(27)28/h5-6,8,12-15H,4,7,9-11,16-17H2,1-3H3. The van der Waals surface area contributed by atoms with Gasteiger partial charge in [-0.1, -0.05) is 6.07 Å². The van der Waals surface area contributed by atoms with Crippen LogP contribution in [0.1, 0.15) is 23.1 Å². The van der Waals surface area contributed by atoms with Gasteiger partial charge in [-0.05, 0) is 73.5 Å². The molecule has 2 aromatic carbocycles. The number of hydrogen-bond donors (Lipinski definition) is 0. The Morgan fingerprint density at radius 2 is 1.81 bits per heavy atom. The van der Waals surface area contributed by atoms with E-state index in [9.17, 15) is 4.79 Å². The van der Waals surface area contributed by atoms with Crippen LogP contribution in [0.25, 0.3) is 6.08 Å². The van der Waals surface area contributed by atoms with Crippen molar-refractivity contribution in [1.82, 2.24) is 9.80 Å². The van der Waals surface area contributed by atoms with Crippen molar-refractivity contribution >= 4 is 12.0 Å². The molecule has 7 nitrogen and oxygen atoms in total. The summed E-state index contributed by atoms with van der Waals surface area (Å²) in [5, 5.41) is 0. The van der Waals surface area contributed by atoms with Gasteiger partial charge in [0.2, 0.25) is 12.7 Å². The topological polar surface area (TPSA) is 60.5 Å². The van der Waals surface area contributed by atoms with Gasteiger partial charge in [-0.25, -0.2) is 0 Å². The van der Waals surface area contributed by atoms with Gasteiger partial charge in [-0.3, -0.25) is 4.79 Å². The number of methoxy groups -OCH3 is 2. The van der Waals surface area contributed by atoms with Gasteiger partial charge in [-0.15, -0.1) is 0 Å². The fourth-order valence-electron chi connectivity index (χ4n) is 4.00. The Kier molecular flexibility index (Phi) is 6.85. The third-order valence-electron chi connectivity index (χ3n) is 5.90. The molecule has 0 fully saturated rings. The largest absolute Gasteiger partial charge is 0.493 e. The molecule has 2 aromatic rings. The van der Waals surface area contributed by atoms with Gasteiger partial charge in [0.25, 0.3) is 0 Å². The van der Waals surface area contributed by atoms with E-state index in [1.54, 1.807) is 14.2 Å². The number of fused-ring (bicyclic) bond motifs is 2. The van der Waals surface area contributed by atoms with Crippen LogP contribution >= 0.6 is 0 Å². The van der Waals surface area contributed by atoms with Crippen LogP contribution in [0.4, 0.5) is 0 Å². The molecule has 2 aliphatic heterocycles. The van der Waals surface area contributed by atoms with E-state index in [0.717, 1.165) is 60.1 Å². The first-order valence-corrected chi connectivity index (χ1v) is 10.9. The highest BCUT2D eigenvalue weighted by molar-refractivity contribution is 5.84. The molecule has 1 amide bonds. The van der Waals surface area contributed by atoms with Gasteiger partial charge >= 0.3 is 0 Å². The second-order valence-electron chi connectivity index (χ2n) is 8.08. The van der Waals surface area contributed by atoms with E-state index in [4.69, 9.17) is 18.9 Å². The van der Waals surface area contributed by atoms with Gasteiger partial charge in [0.15, 0.2) is 23.0 Å². The molecule has 4 rings (SSSR count). The minimum Gasteiger partial charge on any atom is -0.493 e. The lowest BCUT2D eigenvalue weighted by molar-refractivity contribution is -0.127. The number of ether oxygens (including phenoxy) is 4. The summed E-state index contributed by atoms with van der Waals surface area (Å²) in [5.41, 5.74) is 3.19. The summed E-state index contributed by atoms with van der Waals surface area (Å²) in [6.07, 6.45) is 6.07. The van der Waals surface area contributed by atoms with Crippen LogP contribution in [0, 0.1) is 0 Å². The monoisotopic (exact) mass is 438 g/mol. The Labute approximate surface area is 189 Å². The maximum Gasteiger partial charge on any atom is 0.231 e. The van der Waals surface area contributed by atoms with Crippen molar-refractivity contribution in [3.63, 3.8) is 0 Å². The van der Waals surface area contributed by atoms with Gasteiger partial charge in [0, 0.05) is 19.3 Å². The number of rotatable bonds is 9. The van der Waals surface area contributed by atoms with E-state index in [1.807, 2.05) is 41.4 Å². The molecule has 0 spiro atoms. The number of hydrogen-bond acceptors (Lipinski definition) is 6. The lowest BCUT2D eigenvalue weighted by Crippen LogP contribution is -2.30. The van der Waals surface area contributed by atoms with Crippen molar-refractivity contribution in [3.05, 3.63) is 53.2 Å². The normalized spacial score (nSPS) is 14.5. The number of nitrogens with zero attached hydrogens (tertiary/aromatic N) is 2. The lowest BCUT2D eigenvalue weighted by atomic mass is 10.0. The van der Waals surface area contributed by atoms with E-state index in [0.29, 0.717) is 13.0 Å². The number of carbonyl (C=O) groups is 1. The van der Waals surface area contributed by atoms with E-state index in [1.165, 1.54) is 5.56 Å². The summed E-state index contributed by atoms with van der Waals surface area (Å²) in [6.45, 7) is 2.77. The first-order chi connectivity index (χ1) is 15.6. The zero-order valence-corrected chi connectivity index (χ0v) is 18.9. The van der Waals surface area contributed by atoms with Gasteiger partial charge in [0.05, 0.1) is 20.6 Å². The van der Waals surface area contributed by atoms with Crippen molar-refractivity contribution < 1.29 is 23.7 Å². The minimum atomic E-state index is 0.104. The molecule has 32 heavy (non-hydrogen) atoms. The number of likely N-dealkylation sites (N-methyl/N-ethyl adjacent to an activating group) is 1. The lowest BCUT2D eigenvalue weighted by Gasteiger charge is -2.21. The number of amides is 1. The first kappa shape index (κ1) is 22.0. The van der Waals surface area contributed by atoms with Crippen LogP contribution in [-0.4, -0.2) is 63.4 Å². The molecule has 0 aromatic heterocycles. The first-order valence-electron chi connectivity index (χ1n) is 10.9. The Morgan fingerprint density at radius 3 is 2.59 bits per heavy atom. The van der Waals surface area contributed by atoms with Crippen molar-refractivity contribution in [2.75, 3.05) is 47.7 Å². The summed E-state index contributed by atoms with van der Waals surface area (Å²) in [4.78, 5) is 16.8. The molecular weight excluding hydrogens is 408 g/mol. The Bertz CT molecular complexity index is 1000. The zero-order chi connectivity index (χ0) is 22.5. The van der Waals surface area contributed by atoms with Crippen LogP contribution in [-0.2, 0) is 17.6 Å². The van der Waals surface area contributed by atoms with E-state index in [2.05, 4.69) is 18.0 Å². The van der Waals surface area contributed by atoms with Gasteiger partial charge < -0.3 is 28.7 Å². The summed E-state index contributed by atoms with van der Waals surface area (Å²) < 4.78 is 21.6. The predicted octanol–water partition coefficient (Wildman–Crippen LogP) is 3.35. The highest BCUT2D eigenvalue weighted by atomic mass is 16.7. The van der Waals surface area contributed by atoms with Crippen molar-refractivity contribution in [2.45, 2.75) is 19.3 Å². The SMILES string of the molecule is COc1ccc(CCN(C)CCCN2C=Cc3cc4c(cc3CC2=O)OCO4)cc1OC. The molecule has 0 saturated carbocycles. The molecule has 7 heteroatoms. The molecule has 0 radical (unpaired) electrons. The fraction of sp³-hybridized carbons (Fsp3) is 0.400. The molecule has 170 valence electrons. The van der Waals surface area contributed by atoms with E-state index in [-0.39, 0.29) is 12.7 Å². The second-order valence-corrected chi connectivity index (χ2v) is 8.08. The van der Waals surface area contributed by atoms with Crippen LogP contribution in [0.2, 0.25) is 0 Å². The molecular formula is C25H30N2O5. The Hall–Kier alpha value is -3.19. The number of benzene rings is 2. The van der Waals surface area contributed by atoms with Crippen molar-refractivity contribution in [2.24, 2.45) is 0 Å². The van der Waals surface area contributed by atoms with Crippen LogP contribution < -0.4 is 18.9 Å². The average Bonchev–Trinajstić information content (AvgIpc) is 3.20. The van der Waals surface area contributed by atoms with E-state index < -0.39 is 0 Å². The molecule has 0 saturated heterocycles. The Morgan fingerprint density at radius 1 is 1.03 bits per heavy atom. The predicted molar refractivity (Wildman–Crippen MR) is 122 cm³/mol. The summed E-state index contributed by atoms with van der Waals surface area (Å²) in [7, 11) is 5.40. The third-order valence-corrected chi connectivity index (χ3v) is 5.90. The second kappa shape index (κ2) is 9.96. The zero-order valence-electron chi connectivity index (χ0n) is 18.9. The smallest absolute Gasteiger partial charge is 0.231 e. The summed E-state index contributed by atoms with van der Waals surface area (Å²) in [6, 6.07) is 9.91. The molecule has 2 aliphatic rings. The van der Waals surface area contributed by atoms with E-state index >= 15 is 0 Å². The van der Waals surface area contributed by atoms with Crippen molar-refractivity contribution in [1.29, 1.82) is 0 Å². The van der Waals surface area contributed by atoms with Gasteiger partial charge in [0.1, 0.15) is 0 Å². The highest BCUT2D eigenvalue weighted by Crippen LogP contribution is 2.36. The van der Waals surface area contributed by atoms with Crippen molar-refractivity contribution in [3.8, 4) is 23.0 Å². The van der Waals surface area contributed by atoms with Crippen LogP contribution in [0.5, 0.6) is 23.0 Å². The minimum absolute atomic E-state index is 0.104. The molecule has 2 heterocycles. The fourth-order valence-corrected chi connectivity index (χ4v) is 4.00. The third kappa shape index (κ3) is 4.99. The molecule has 0 atom stereocenters. The summed E-state index contributed by atoms with van der Waals surface area (Å²) in [5.74, 6) is 3.06. The molecule has 0 N–H and O–H groups in total. The molecule has 0 unspecified atom stereocenters. The highest BCUT2D eigenvalue weighted by Gasteiger charge is 2.22. The molecule has 0 bridgehead atoms. The maximum atomic E-state index is 12.7. The quantitative estimate of drug-likeness (QED) is 0.599. The summed E-state index contributed by atoms with van der Waals surface area (Å²) >= 11 is 0. The van der Waals surface area contributed by atoms with Gasteiger partial charge in [-0.2, -0.15) is 0 Å².